The fourth-order valence-corrected chi connectivity index (χ4v) is 1.64. The summed E-state index contributed by atoms with van der Waals surface area (Å²) in [7, 11) is 0. The summed E-state index contributed by atoms with van der Waals surface area (Å²) in [6, 6.07) is 0.161. The molecule has 5 nitrogen and oxygen atoms in total. The second-order valence-electron chi connectivity index (χ2n) is 4.66. The molecule has 0 saturated heterocycles. The lowest BCUT2D eigenvalue weighted by atomic mass is 10.1. The Balaban J connectivity index is 2.88. The highest BCUT2D eigenvalue weighted by atomic mass is 16.3. The first-order chi connectivity index (χ1) is 8.01. The standard InChI is InChI=1S/C12H24N4O/c1-5-6-16-12(11(13)10(4)15-16)14-9(3)8(2)7-17/h8-9,14,17H,5-7,13H2,1-4H3. The number of anilines is 2. The zero-order chi connectivity index (χ0) is 13.0. The minimum absolute atomic E-state index is 0.161. The zero-order valence-electron chi connectivity index (χ0n) is 11.2. The Labute approximate surface area is 103 Å². The highest BCUT2D eigenvalue weighted by Crippen LogP contribution is 2.24. The second kappa shape index (κ2) is 5.91. The van der Waals surface area contributed by atoms with Gasteiger partial charge < -0.3 is 16.2 Å². The molecule has 1 rings (SSSR count). The summed E-state index contributed by atoms with van der Waals surface area (Å²) in [6.45, 7) is 9.07. The third-order valence-electron chi connectivity index (χ3n) is 3.12. The van der Waals surface area contributed by atoms with Crippen molar-refractivity contribution in [2.75, 3.05) is 17.7 Å². The molecule has 0 aliphatic rings. The van der Waals surface area contributed by atoms with Gasteiger partial charge in [-0.2, -0.15) is 5.10 Å². The van der Waals surface area contributed by atoms with Gasteiger partial charge in [0.05, 0.1) is 11.4 Å². The van der Waals surface area contributed by atoms with Gasteiger partial charge in [-0.1, -0.05) is 13.8 Å². The van der Waals surface area contributed by atoms with Gasteiger partial charge in [-0.05, 0) is 26.2 Å². The molecular weight excluding hydrogens is 216 g/mol. The van der Waals surface area contributed by atoms with Crippen LogP contribution in [-0.2, 0) is 6.54 Å². The van der Waals surface area contributed by atoms with Crippen molar-refractivity contribution >= 4 is 11.5 Å². The number of aliphatic hydroxyl groups is 1. The van der Waals surface area contributed by atoms with E-state index in [4.69, 9.17) is 10.8 Å². The first-order valence-electron chi connectivity index (χ1n) is 6.21. The van der Waals surface area contributed by atoms with E-state index in [9.17, 15) is 0 Å². The number of nitrogens with one attached hydrogen (secondary N) is 1. The Kier molecular flexibility index (Phi) is 4.81. The molecule has 1 aromatic rings. The smallest absolute Gasteiger partial charge is 0.148 e. The molecule has 0 radical (unpaired) electrons. The molecule has 0 amide bonds. The van der Waals surface area contributed by atoms with E-state index in [1.165, 1.54) is 0 Å². The van der Waals surface area contributed by atoms with Crippen molar-refractivity contribution in [2.24, 2.45) is 5.92 Å². The molecule has 17 heavy (non-hydrogen) atoms. The van der Waals surface area contributed by atoms with Gasteiger partial charge in [0.2, 0.25) is 0 Å². The highest BCUT2D eigenvalue weighted by molar-refractivity contribution is 5.65. The van der Waals surface area contributed by atoms with Crippen LogP contribution in [0.25, 0.3) is 0 Å². The van der Waals surface area contributed by atoms with Crippen LogP contribution in [0.3, 0.4) is 0 Å². The van der Waals surface area contributed by atoms with Crippen LogP contribution in [0.2, 0.25) is 0 Å². The van der Waals surface area contributed by atoms with Crippen molar-refractivity contribution in [2.45, 2.75) is 46.7 Å². The summed E-state index contributed by atoms with van der Waals surface area (Å²) < 4.78 is 1.91. The molecule has 0 aromatic carbocycles. The SMILES string of the molecule is CCCn1nc(C)c(N)c1NC(C)C(C)CO. The normalized spacial score (nSPS) is 14.6. The first-order valence-corrected chi connectivity index (χ1v) is 6.21. The average Bonchev–Trinajstić information content (AvgIpc) is 2.56. The summed E-state index contributed by atoms with van der Waals surface area (Å²) in [5.74, 6) is 1.05. The highest BCUT2D eigenvalue weighted by Gasteiger charge is 2.17. The maximum atomic E-state index is 9.14. The predicted molar refractivity (Wildman–Crippen MR) is 71.0 cm³/mol. The third kappa shape index (κ3) is 3.12. The molecule has 1 heterocycles. The molecule has 0 aliphatic carbocycles. The molecule has 0 fully saturated rings. The van der Waals surface area contributed by atoms with Crippen LogP contribution in [0.15, 0.2) is 0 Å². The Hall–Kier alpha value is -1.23. The van der Waals surface area contributed by atoms with E-state index in [2.05, 4.69) is 17.3 Å². The van der Waals surface area contributed by atoms with Gasteiger partial charge in [-0.15, -0.1) is 0 Å². The fraction of sp³-hybridized carbons (Fsp3) is 0.750. The first kappa shape index (κ1) is 13.8. The largest absolute Gasteiger partial charge is 0.396 e. The number of nitrogens with two attached hydrogens (primary N) is 1. The van der Waals surface area contributed by atoms with Gasteiger partial charge in [0.25, 0.3) is 0 Å². The summed E-state index contributed by atoms with van der Waals surface area (Å²) in [4.78, 5) is 0. The van der Waals surface area contributed by atoms with E-state index in [-0.39, 0.29) is 18.6 Å². The van der Waals surface area contributed by atoms with E-state index in [1.54, 1.807) is 0 Å². The number of aromatic nitrogens is 2. The fourth-order valence-electron chi connectivity index (χ4n) is 1.64. The molecule has 4 N–H and O–H groups in total. The zero-order valence-corrected chi connectivity index (χ0v) is 11.2. The number of rotatable bonds is 6. The molecule has 5 heteroatoms. The minimum Gasteiger partial charge on any atom is -0.396 e. The number of aryl methyl sites for hydroxylation is 2. The lowest BCUT2D eigenvalue weighted by molar-refractivity contribution is 0.226. The molecular formula is C12H24N4O. The molecule has 2 unspecified atom stereocenters. The van der Waals surface area contributed by atoms with Gasteiger partial charge in [-0.25, -0.2) is 4.68 Å². The van der Waals surface area contributed by atoms with Crippen molar-refractivity contribution in [3.63, 3.8) is 0 Å². The molecule has 0 bridgehead atoms. The topological polar surface area (TPSA) is 76.1 Å². The summed E-state index contributed by atoms with van der Waals surface area (Å²) >= 11 is 0. The van der Waals surface area contributed by atoms with Gasteiger partial charge >= 0.3 is 0 Å². The number of nitrogens with zero attached hydrogens (tertiary/aromatic N) is 2. The van der Waals surface area contributed by atoms with E-state index in [0.29, 0.717) is 5.69 Å². The second-order valence-corrected chi connectivity index (χ2v) is 4.66. The number of hydrogen-bond donors (Lipinski definition) is 3. The van der Waals surface area contributed by atoms with E-state index in [0.717, 1.165) is 24.5 Å². The van der Waals surface area contributed by atoms with Crippen molar-refractivity contribution in [1.82, 2.24) is 9.78 Å². The van der Waals surface area contributed by atoms with Crippen molar-refractivity contribution in [3.05, 3.63) is 5.69 Å². The Morgan fingerprint density at radius 3 is 2.65 bits per heavy atom. The van der Waals surface area contributed by atoms with Crippen LogP contribution in [0, 0.1) is 12.8 Å². The average molecular weight is 240 g/mol. The van der Waals surface area contributed by atoms with E-state index >= 15 is 0 Å². The van der Waals surface area contributed by atoms with Crippen LogP contribution >= 0.6 is 0 Å². The van der Waals surface area contributed by atoms with Gasteiger partial charge in [-0.3, -0.25) is 0 Å². The van der Waals surface area contributed by atoms with E-state index < -0.39 is 0 Å². The van der Waals surface area contributed by atoms with Gasteiger partial charge in [0, 0.05) is 19.2 Å². The third-order valence-corrected chi connectivity index (χ3v) is 3.12. The quantitative estimate of drug-likeness (QED) is 0.706. The Morgan fingerprint density at radius 1 is 1.47 bits per heavy atom. The lowest BCUT2D eigenvalue weighted by Crippen LogP contribution is -2.28. The molecule has 0 saturated carbocycles. The molecule has 2 atom stereocenters. The predicted octanol–water partition coefficient (Wildman–Crippen LogP) is 1.61. The Bertz CT molecular complexity index is 362. The maximum absolute atomic E-state index is 9.14. The van der Waals surface area contributed by atoms with Crippen LogP contribution in [0.4, 0.5) is 11.5 Å². The van der Waals surface area contributed by atoms with Gasteiger partial charge in [0.15, 0.2) is 0 Å². The number of aliphatic hydroxyl groups excluding tert-OH is 1. The maximum Gasteiger partial charge on any atom is 0.148 e. The monoisotopic (exact) mass is 240 g/mol. The summed E-state index contributed by atoms with van der Waals surface area (Å²) in [5.41, 5.74) is 7.57. The summed E-state index contributed by atoms with van der Waals surface area (Å²) in [6.07, 6.45) is 1.01. The van der Waals surface area contributed by atoms with Crippen molar-refractivity contribution in [3.8, 4) is 0 Å². The van der Waals surface area contributed by atoms with Crippen LogP contribution in [0.1, 0.15) is 32.9 Å². The molecule has 0 spiro atoms. The van der Waals surface area contributed by atoms with Crippen molar-refractivity contribution in [1.29, 1.82) is 0 Å². The van der Waals surface area contributed by atoms with Crippen LogP contribution < -0.4 is 11.1 Å². The molecule has 1 aromatic heterocycles. The van der Waals surface area contributed by atoms with Crippen molar-refractivity contribution < 1.29 is 5.11 Å². The molecule has 98 valence electrons. The summed E-state index contributed by atoms with van der Waals surface area (Å²) in [5, 5.41) is 16.9. The molecule has 0 aliphatic heterocycles. The van der Waals surface area contributed by atoms with Crippen LogP contribution in [0.5, 0.6) is 0 Å². The Morgan fingerprint density at radius 2 is 2.12 bits per heavy atom. The lowest BCUT2D eigenvalue weighted by Gasteiger charge is -2.21. The number of nitrogen functional groups attached to an aromatic ring is 1. The van der Waals surface area contributed by atoms with Gasteiger partial charge in [0.1, 0.15) is 5.82 Å². The number of hydrogen-bond acceptors (Lipinski definition) is 4. The van der Waals surface area contributed by atoms with E-state index in [1.807, 2.05) is 25.5 Å². The minimum atomic E-state index is 0.161. The van der Waals surface area contributed by atoms with Crippen LogP contribution in [-0.4, -0.2) is 27.5 Å².